The van der Waals surface area contributed by atoms with Crippen LogP contribution in [0.4, 0.5) is 0 Å². The third-order valence-electron chi connectivity index (χ3n) is 14.2. The van der Waals surface area contributed by atoms with Crippen LogP contribution in [-0.4, -0.2) is 181 Å². The fourth-order valence-corrected chi connectivity index (χ4v) is 12.3. The zero-order chi connectivity index (χ0) is 28.2. The van der Waals surface area contributed by atoms with Gasteiger partial charge < -0.3 is 8.97 Å². The summed E-state index contributed by atoms with van der Waals surface area (Å²) in [6, 6.07) is 10.2. The van der Waals surface area contributed by atoms with Gasteiger partial charge in [0.15, 0.2) is 0 Å². The second kappa shape index (κ2) is 9.70. The zero-order valence-corrected chi connectivity index (χ0v) is 26.8. The lowest BCUT2D eigenvalue weighted by atomic mass is 9.93. The smallest absolute Gasteiger partial charge is 0.214 e. The van der Waals surface area contributed by atoms with E-state index in [4.69, 9.17) is 0 Å². The van der Waals surface area contributed by atoms with E-state index in [0.29, 0.717) is 24.7 Å². The van der Waals surface area contributed by atoms with Crippen molar-refractivity contribution in [3.63, 3.8) is 0 Å². The summed E-state index contributed by atoms with van der Waals surface area (Å²) < 4.78 is 5.24. The van der Waals surface area contributed by atoms with Crippen molar-refractivity contribution in [2.45, 2.75) is 63.4 Å². The number of benzene rings is 1. The molecule has 0 aliphatic carbocycles. The van der Waals surface area contributed by atoms with Crippen molar-refractivity contribution in [1.82, 2.24) is 19.6 Å². The molecule has 8 aliphatic rings. The lowest BCUT2D eigenvalue weighted by molar-refractivity contribution is -1.05. The molecule has 1 aromatic rings. The Morgan fingerprint density at radius 2 is 0.810 bits per heavy atom. The molecule has 0 bridgehead atoms. The van der Waals surface area contributed by atoms with Crippen LogP contribution in [0.1, 0.15) is 36.8 Å². The normalized spacial score (nSPS) is 47.5. The highest BCUT2D eigenvalue weighted by molar-refractivity contribution is 5.22. The highest BCUT2D eigenvalue weighted by atomic mass is 15.7. The van der Waals surface area contributed by atoms with E-state index in [-0.39, 0.29) is 0 Å². The maximum atomic E-state index is 2.93. The van der Waals surface area contributed by atoms with Crippen LogP contribution in [0.2, 0.25) is 0 Å². The van der Waals surface area contributed by atoms with Gasteiger partial charge in [-0.1, -0.05) is 24.3 Å². The summed E-state index contributed by atoms with van der Waals surface area (Å²) >= 11 is 0. The Morgan fingerprint density at radius 1 is 0.452 bits per heavy atom. The van der Waals surface area contributed by atoms with Crippen LogP contribution in [0.5, 0.6) is 0 Å². The maximum Gasteiger partial charge on any atom is 0.214 e. The third kappa shape index (κ3) is 3.95. The largest absolute Gasteiger partial charge is 0.304 e. The Morgan fingerprint density at radius 3 is 1.24 bits per heavy atom. The van der Waals surface area contributed by atoms with E-state index < -0.39 is 0 Å². The van der Waals surface area contributed by atoms with Crippen molar-refractivity contribution in [2.24, 2.45) is 0 Å². The van der Waals surface area contributed by atoms with Crippen LogP contribution in [0.15, 0.2) is 24.3 Å². The van der Waals surface area contributed by atoms with Gasteiger partial charge in [-0.25, -0.2) is 19.6 Å². The van der Waals surface area contributed by atoms with Crippen molar-refractivity contribution in [3.8, 4) is 0 Å². The lowest BCUT2D eigenvalue weighted by Gasteiger charge is -2.66. The number of quaternary nitrogens is 4. The Bertz CT molecular complexity index is 1100. The summed E-state index contributed by atoms with van der Waals surface area (Å²) in [7, 11) is 5.18. The van der Waals surface area contributed by atoms with Crippen LogP contribution in [0.3, 0.4) is 0 Å². The Labute approximate surface area is 255 Å². The summed E-state index contributed by atoms with van der Waals surface area (Å²) in [5.74, 6) is 0. The fraction of sp³-hybridized carbons (Fsp3) is 0.824. The SMILES string of the molecule is C[N+]12CCCN3CC[N+]4(Cc5ccc(C[N+]67CCCN8CC[N+]9(C)CCCN(CC6)C9C87)cc5)CCCN(CC1)C4C32. The summed E-state index contributed by atoms with van der Waals surface area (Å²) in [5.41, 5.74) is 3.17. The molecule has 230 valence electrons. The summed E-state index contributed by atoms with van der Waals surface area (Å²) in [4.78, 5) is 11.7. The lowest BCUT2D eigenvalue weighted by Crippen LogP contribution is -2.86. The molecule has 1 aromatic carbocycles. The number of piperazine rings is 4. The van der Waals surface area contributed by atoms with E-state index in [0.717, 1.165) is 0 Å². The standard InChI is InChI=1S/C34H58N8/c1-39-19-3-11-35-17-25-41(21-5-13-37(15-23-39)33(41)31(35)39)27-29-7-9-30(10-8-29)28-42-22-6-14-38-16-24-40(2)20-4-12-36(18-26-42)32(40)34(38)42/h7-10,31-34H,3-6,11-28H2,1-2H3/q+4. The molecule has 0 aromatic heterocycles. The second-order valence-corrected chi connectivity index (χ2v) is 16.5. The first-order valence-corrected chi connectivity index (χ1v) is 17.8. The van der Waals surface area contributed by atoms with Crippen LogP contribution in [0.25, 0.3) is 0 Å². The molecule has 0 spiro atoms. The highest BCUT2D eigenvalue weighted by Gasteiger charge is 2.64. The van der Waals surface area contributed by atoms with Gasteiger partial charge in [0.25, 0.3) is 0 Å². The van der Waals surface area contributed by atoms with Gasteiger partial charge in [0.2, 0.25) is 24.7 Å². The van der Waals surface area contributed by atoms with Crippen LogP contribution in [-0.2, 0) is 13.1 Å². The first kappa shape index (κ1) is 27.2. The highest BCUT2D eigenvalue weighted by Crippen LogP contribution is 2.43. The van der Waals surface area contributed by atoms with Gasteiger partial charge in [0, 0.05) is 63.0 Å². The van der Waals surface area contributed by atoms with Gasteiger partial charge in [-0.15, -0.1) is 0 Å². The quantitative estimate of drug-likeness (QED) is 0.501. The third-order valence-corrected chi connectivity index (χ3v) is 14.2. The summed E-state index contributed by atoms with van der Waals surface area (Å²) in [5, 5.41) is 0. The minimum atomic E-state index is 0.689. The molecular formula is C34H58N8+4. The number of nitrogens with zero attached hydrogens (tertiary/aromatic N) is 8. The molecule has 0 saturated carbocycles. The molecule has 0 amide bonds. The molecular weight excluding hydrogens is 520 g/mol. The molecule has 0 radical (unpaired) electrons. The molecule has 8 unspecified atom stereocenters. The minimum absolute atomic E-state index is 0.689. The van der Waals surface area contributed by atoms with E-state index in [1.54, 1.807) is 11.1 Å². The predicted octanol–water partition coefficient (Wildman–Crippen LogP) is 1.40. The van der Waals surface area contributed by atoms with Crippen molar-refractivity contribution < 1.29 is 17.9 Å². The monoisotopic (exact) mass is 578 g/mol. The van der Waals surface area contributed by atoms with Crippen LogP contribution in [0, 0.1) is 0 Å². The first-order valence-electron chi connectivity index (χ1n) is 17.8. The van der Waals surface area contributed by atoms with E-state index in [1.165, 1.54) is 161 Å². The molecule has 42 heavy (non-hydrogen) atoms. The Kier molecular flexibility index (Phi) is 6.29. The van der Waals surface area contributed by atoms with Crippen molar-refractivity contribution in [3.05, 3.63) is 35.4 Å². The average Bonchev–Trinajstić information content (AvgIpc) is 3.00. The molecule has 8 saturated heterocycles. The predicted molar refractivity (Wildman–Crippen MR) is 166 cm³/mol. The van der Waals surface area contributed by atoms with Gasteiger partial charge in [-0.3, -0.25) is 8.97 Å². The van der Waals surface area contributed by atoms with Crippen molar-refractivity contribution >= 4 is 0 Å². The van der Waals surface area contributed by atoms with E-state index in [2.05, 4.69) is 58.0 Å². The molecule has 8 heterocycles. The average molecular weight is 579 g/mol. The maximum absolute atomic E-state index is 2.93. The van der Waals surface area contributed by atoms with Gasteiger partial charge in [-0.2, -0.15) is 0 Å². The van der Waals surface area contributed by atoms with Gasteiger partial charge in [0.05, 0.1) is 92.6 Å². The van der Waals surface area contributed by atoms with Crippen LogP contribution < -0.4 is 0 Å². The van der Waals surface area contributed by atoms with Gasteiger partial charge >= 0.3 is 0 Å². The molecule has 8 aliphatic heterocycles. The van der Waals surface area contributed by atoms with Gasteiger partial charge in [0.1, 0.15) is 13.1 Å². The number of hydrogen-bond acceptors (Lipinski definition) is 4. The van der Waals surface area contributed by atoms with Crippen LogP contribution >= 0.6 is 0 Å². The molecule has 9 rings (SSSR count). The van der Waals surface area contributed by atoms with Crippen molar-refractivity contribution in [1.29, 1.82) is 0 Å². The molecule has 0 N–H and O–H groups in total. The van der Waals surface area contributed by atoms with E-state index >= 15 is 0 Å². The molecule has 8 atom stereocenters. The number of rotatable bonds is 4. The van der Waals surface area contributed by atoms with E-state index in [9.17, 15) is 0 Å². The minimum Gasteiger partial charge on any atom is -0.304 e. The topological polar surface area (TPSA) is 13.0 Å². The number of hydrogen-bond donors (Lipinski definition) is 0. The number of likely N-dealkylation sites (N-methyl/N-ethyl adjacent to an activating group) is 2. The second-order valence-electron chi connectivity index (χ2n) is 16.5. The Balaban J connectivity index is 0.975. The van der Waals surface area contributed by atoms with Gasteiger partial charge in [-0.05, 0) is 0 Å². The first-order chi connectivity index (χ1) is 20.4. The van der Waals surface area contributed by atoms with Crippen molar-refractivity contribution in [2.75, 3.05) is 119 Å². The Hall–Kier alpha value is -1.10. The summed E-state index contributed by atoms with van der Waals surface area (Å²) in [6.45, 7) is 23.9. The molecule has 8 fully saturated rings. The fourth-order valence-electron chi connectivity index (χ4n) is 12.3. The summed E-state index contributed by atoms with van der Waals surface area (Å²) in [6.07, 6.45) is 8.31. The zero-order valence-electron chi connectivity index (χ0n) is 26.8. The molecule has 8 heteroatoms. The molecule has 8 nitrogen and oxygen atoms in total. The van der Waals surface area contributed by atoms with E-state index in [1.807, 2.05) is 0 Å².